The zero-order valence-electron chi connectivity index (χ0n) is 16.2. The lowest BCUT2D eigenvalue weighted by atomic mass is 10.1. The van der Waals surface area contributed by atoms with Crippen molar-refractivity contribution >= 4 is 23.1 Å². The van der Waals surface area contributed by atoms with Gasteiger partial charge in [-0.3, -0.25) is 4.79 Å². The van der Waals surface area contributed by atoms with Crippen LogP contribution in [0.5, 0.6) is 5.75 Å². The summed E-state index contributed by atoms with van der Waals surface area (Å²) in [6, 6.07) is 9.82. The van der Waals surface area contributed by atoms with Crippen LogP contribution in [0.4, 0.5) is 5.82 Å². The Morgan fingerprint density at radius 3 is 2.85 bits per heavy atom. The summed E-state index contributed by atoms with van der Waals surface area (Å²) in [5, 5.41) is 9.35. The molecule has 0 aliphatic rings. The van der Waals surface area contributed by atoms with E-state index in [4.69, 9.17) is 4.74 Å². The van der Waals surface area contributed by atoms with Gasteiger partial charge in [-0.2, -0.15) is 5.10 Å². The molecule has 0 bridgehead atoms. The fourth-order valence-electron chi connectivity index (χ4n) is 2.82. The van der Waals surface area contributed by atoms with Crippen LogP contribution in [0.1, 0.15) is 45.4 Å². The van der Waals surface area contributed by atoms with E-state index in [0.717, 1.165) is 41.4 Å². The van der Waals surface area contributed by atoms with E-state index in [0.29, 0.717) is 11.5 Å². The number of thiophene rings is 1. The molecule has 0 fully saturated rings. The van der Waals surface area contributed by atoms with E-state index in [-0.39, 0.29) is 5.91 Å². The zero-order valence-corrected chi connectivity index (χ0v) is 17.0. The van der Waals surface area contributed by atoms with Crippen LogP contribution in [-0.4, -0.2) is 15.7 Å². The highest BCUT2D eigenvalue weighted by atomic mass is 32.1. The molecule has 2 aromatic heterocycles. The highest BCUT2D eigenvalue weighted by Crippen LogP contribution is 2.23. The average molecular weight is 384 g/mol. The SMILES string of the molecule is CCCn1nc(C)cc1NC(=O)c1cc(COc2cccc(C)c2C)cs1. The molecule has 0 atom stereocenters. The molecule has 0 aliphatic heterocycles. The maximum Gasteiger partial charge on any atom is 0.266 e. The van der Waals surface area contributed by atoms with Gasteiger partial charge >= 0.3 is 0 Å². The molecule has 0 aliphatic carbocycles. The molecule has 0 saturated carbocycles. The highest BCUT2D eigenvalue weighted by Gasteiger charge is 2.13. The van der Waals surface area contributed by atoms with E-state index in [9.17, 15) is 4.79 Å². The van der Waals surface area contributed by atoms with Gasteiger partial charge in [0.1, 0.15) is 18.2 Å². The monoisotopic (exact) mass is 383 g/mol. The van der Waals surface area contributed by atoms with E-state index in [1.54, 1.807) is 0 Å². The first-order chi connectivity index (χ1) is 13.0. The Hall–Kier alpha value is -2.60. The maximum absolute atomic E-state index is 12.6. The molecule has 1 aromatic carbocycles. The Balaban J connectivity index is 1.65. The Bertz CT molecular complexity index is 943. The summed E-state index contributed by atoms with van der Waals surface area (Å²) in [5.41, 5.74) is 4.24. The number of hydrogen-bond acceptors (Lipinski definition) is 4. The lowest BCUT2D eigenvalue weighted by Crippen LogP contribution is -2.14. The van der Waals surface area contributed by atoms with Crippen LogP contribution in [0, 0.1) is 20.8 Å². The number of amides is 1. The summed E-state index contributed by atoms with van der Waals surface area (Å²) in [6.45, 7) is 9.36. The molecule has 3 rings (SSSR count). The lowest BCUT2D eigenvalue weighted by Gasteiger charge is -2.09. The molecule has 5 nitrogen and oxygen atoms in total. The van der Waals surface area contributed by atoms with Crippen molar-refractivity contribution in [3.8, 4) is 5.75 Å². The van der Waals surface area contributed by atoms with Crippen molar-refractivity contribution in [3.05, 3.63) is 63.0 Å². The molecule has 1 N–H and O–H groups in total. The minimum absolute atomic E-state index is 0.116. The second-order valence-electron chi connectivity index (χ2n) is 6.65. The minimum Gasteiger partial charge on any atom is -0.489 e. The molecule has 27 heavy (non-hydrogen) atoms. The first kappa shape index (κ1) is 19.2. The van der Waals surface area contributed by atoms with E-state index >= 15 is 0 Å². The standard InChI is InChI=1S/C21H25N3O2S/c1-5-9-24-20(10-15(3)23-24)22-21(25)19-11-17(13-27-19)12-26-18-8-6-7-14(2)16(18)4/h6-8,10-11,13H,5,9,12H2,1-4H3,(H,22,25). The first-order valence-electron chi connectivity index (χ1n) is 9.10. The number of carbonyl (C=O) groups excluding carboxylic acids is 1. The molecular weight excluding hydrogens is 358 g/mol. The van der Waals surface area contributed by atoms with Gasteiger partial charge < -0.3 is 10.1 Å². The average Bonchev–Trinajstić information content (AvgIpc) is 3.23. The van der Waals surface area contributed by atoms with Crippen molar-refractivity contribution < 1.29 is 9.53 Å². The number of nitrogens with zero attached hydrogens (tertiary/aromatic N) is 2. The molecule has 2 heterocycles. The molecule has 142 valence electrons. The predicted molar refractivity (Wildman–Crippen MR) is 110 cm³/mol. The summed E-state index contributed by atoms with van der Waals surface area (Å²) >= 11 is 1.42. The Morgan fingerprint density at radius 1 is 1.26 bits per heavy atom. The van der Waals surface area contributed by atoms with Gasteiger partial charge in [-0.1, -0.05) is 19.1 Å². The summed E-state index contributed by atoms with van der Waals surface area (Å²) in [5.74, 6) is 1.50. The number of rotatable bonds is 7. The van der Waals surface area contributed by atoms with Crippen molar-refractivity contribution in [2.75, 3.05) is 5.32 Å². The van der Waals surface area contributed by atoms with E-state index in [2.05, 4.69) is 37.3 Å². The van der Waals surface area contributed by atoms with Gasteiger partial charge in [-0.15, -0.1) is 11.3 Å². The molecule has 0 spiro atoms. The number of ether oxygens (including phenoxy) is 1. The quantitative estimate of drug-likeness (QED) is 0.617. The third kappa shape index (κ3) is 4.57. The van der Waals surface area contributed by atoms with Crippen molar-refractivity contribution in [2.24, 2.45) is 0 Å². The second kappa shape index (κ2) is 8.39. The third-order valence-corrected chi connectivity index (χ3v) is 5.38. The number of anilines is 1. The number of carbonyl (C=O) groups is 1. The fourth-order valence-corrected chi connectivity index (χ4v) is 3.61. The Kier molecular flexibility index (Phi) is 5.96. The van der Waals surface area contributed by atoms with E-state index in [1.807, 2.05) is 41.3 Å². The molecule has 6 heteroatoms. The van der Waals surface area contributed by atoms with Gasteiger partial charge in [-0.25, -0.2) is 4.68 Å². The molecule has 0 saturated heterocycles. The van der Waals surface area contributed by atoms with Crippen LogP contribution in [0.2, 0.25) is 0 Å². The van der Waals surface area contributed by atoms with Gasteiger partial charge in [0.25, 0.3) is 5.91 Å². The Morgan fingerprint density at radius 2 is 2.07 bits per heavy atom. The number of nitrogens with one attached hydrogen (secondary N) is 1. The fraction of sp³-hybridized carbons (Fsp3) is 0.333. The summed E-state index contributed by atoms with van der Waals surface area (Å²) in [4.78, 5) is 13.2. The number of aromatic nitrogens is 2. The van der Waals surface area contributed by atoms with Crippen LogP contribution >= 0.6 is 11.3 Å². The van der Waals surface area contributed by atoms with E-state index in [1.165, 1.54) is 16.9 Å². The van der Waals surface area contributed by atoms with Gasteiger partial charge in [-0.05, 0) is 55.8 Å². The van der Waals surface area contributed by atoms with Crippen molar-refractivity contribution in [3.63, 3.8) is 0 Å². The number of aryl methyl sites for hydroxylation is 3. The van der Waals surface area contributed by atoms with Crippen molar-refractivity contribution in [2.45, 2.75) is 47.3 Å². The largest absolute Gasteiger partial charge is 0.489 e. The molecular formula is C21H25N3O2S. The second-order valence-corrected chi connectivity index (χ2v) is 7.57. The van der Waals surface area contributed by atoms with Gasteiger partial charge in [0, 0.05) is 18.2 Å². The molecule has 0 unspecified atom stereocenters. The van der Waals surface area contributed by atoms with Crippen LogP contribution < -0.4 is 10.1 Å². The van der Waals surface area contributed by atoms with E-state index < -0.39 is 0 Å². The van der Waals surface area contributed by atoms with Gasteiger partial charge in [0.15, 0.2) is 0 Å². The van der Waals surface area contributed by atoms with Crippen molar-refractivity contribution in [1.29, 1.82) is 0 Å². The molecule has 0 radical (unpaired) electrons. The summed E-state index contributed by atoms with van der Waals surface area (Å²) < 4.78 is 7.77. The maximum atomic E-state index is 12.6. The highest BCUT2D eigenvalue weighted by molar-refractivity contribution is 7.12. The smallest absolute Gasteiger partial charge is 0.266 e. The number of benzene rings is 1. The summed E-state index contributed by atoms with van der Waals surface area (Å²) in [7, 11) is 0. The van der Waals surface area contributed by atoms with Gasteiger partial charge in [0.2, 0.25) is 0 Å². The van der Waals surface area contributed by atoms with Gasteiger partial charge in [0.05, 0.1) is 10.6 Å². The summed E-state index contributed by atoms with van der Waals surface area (Å²) in [6.07, 6.45) is 0.961. The van der Waals surface area contributed by atoms with Crippen LogP contribution in [-0.2, 0) is 13.2 Å². The molecule has 1 amide bonds. The minimum atomic E-state index is -0.116. The zero-order chi connectivity index (χ0) is 19.4. The first-order valence-corrected chi connectivity index (χ1v) is 9.98. The third-order valence-electron chi connectivity index (χ3n) is 4.41. The number of hydrogen-bond donors (Lipinski definition) is 1. The topological polar surface area (TPSA) is 56.2 Å². The van der Waals surface area contributed by atoms with Crippen molar-refractivity contribution in [1.82, 2.24) is 9.78 Å². The Labute approximate surface area is 164 Å². The lowest BCUT2D eigenvalue weighted by molar-refractivity contribution is 0.102. The van der Waals surface area contributed by atoms with Crippen LogP contribution in [0.15, 0.2) is 35.7 Å². The van der Waals surface area contributed by atoms with Crippen LogP contribution in [0.25, 0.3) is 0 Å². The van der Waals surface area contributed by atoms with Crippen LogP contribution in [0.3, 0.4) is 0 Å². The molecule has 3 aromatic rings. The predicted octanol–water partition coefficient (Wildman–Crippen LogP) is 5.11. The normalized spacial score (nSPS) is 10.8.